The highest BCUT2D eigenvalue weighted by atomic mass is 16.5. The normalized spacial score (nSPS) is 12.3. The Balaban J connectivity index is 2.09. The van der Waals surface area contributed by atoms with Gasteiger partial charge in [-0.15, -0.1) is 0 Å². The van der Waals surface area contributed by atoms with Crippen LogP contribution in [-0.4, -0.2) is 17.8 Å². The number of para-hydroxylation sites is 1. The molecule has 0 aliphatic heterocycles. The largest absolute Gasteiger partial charge is 0.491 e. The molecular formula is C21H36O2. The maximum absolute atomic E-state index is 9.34. The molecular weight excluding hydrogens is 284 g/mol. The van der Waals surface area contributed by atoms with E-state index in [1.807, 2.05) is 12.1 Å². The van der Waals surface area contributed by atoms with Crippen LogP contribution in [0, 0.1) is 0 Å². The van der Waals surface area contributed by atoms with Crippen LogP contribution >= 0.6 is 0 Å². The molecule has 1 N–H and O–H groups in total. The maximum atomic E-state index is 9.34. The van der Waals surface area contributed by atoms with Crippen molar-refractivity contribution >= 4 is 0 Å². The Hall–Kier alpha value is -1.02. The number of ether oxygens (including phenoxy) is 1. The van der Waals surface area contributed by atoms with Gasteiger partial charge in [-0.3, -0.25) is 0 Å². The van der Waals surface area contributed by atoms with E-state index in [0.717, 1.165) is 12.2 Å². The first kappa shape index (κ1) is 20.0. The van der Waals surface area contributed by atoms with Crippen molar-refractivity contribution in [3.8, 4) is 5.75 Å². The fraction of sp³-hybridized carbons (Fsp3) is 0.714. The third-order valence-corrected chi connectivity index (χ3v) is 4.25. The van der Waals surface area contributed by atoms with Crippen molar-refractivity contribution in [2.24, 2.45) is 0 Å². The number of hydrogen-bond donors (Lipinski definition) is 1. The zero-order valence-electron chi connectivity index (χ0n) is 15.2. The summed E-state index contributed by atoms with van der Waals surface area (Å²) in [5, 5.41) is 9.34. The Bertz CT molecular complexity index is 387. The first-order chi connectivity index (χ1) is 11.2. The number of rotatable bonds is 14. The Kier molecular flexibility index (Phi) is 11.7. The smallest absolute Gasteiger partial charge is 0.122 e. The van der Waals surface area contributed by atoms with E-state index >= 15 is 0 Å². The third kappa shape index (κ3) is 10.4. The molecule has 1 rings (SSSR count). The van der Waals surface area contributed by atoms with E-state index < -0.39 is 6.10 Å². The highest BCUT2D eigenvalue weighted by molar-refractivity contribution is 5.33. The zero-order chi connectivity index (χ0) is 16.8. The Labute approximate surface area is 143 Å². The molecule has 0 aliphatic carbocycles. The van der Waals surface area contributed by atoms with Gasteiger partial charge < -0.3 is 9.84 Å². The van der Waals surface area contributed by atoms with Crippen LogP contribution < -0.4 is 4.74 Å². The number of aliphatic hydroxyl groups excluding tert-OH is 1. The molecule has 0 aliphatic rings. The molecule has 0 radical (unpaired) electrons. The number of benzene rings is 1. The standard InChI is InChI=1S/C21H36O2/c1-3-4-5-6-7-8-9-10-11-12-15-20-16-13-14-17-21(20)23-18-19(2)22/h13-14,16-17,19,22H,3-12,15,18H2,1-2H3. The minimum atomic E-state index is -0.416. The van der Waals surface area contributed by atoms with Crippen LogP contribution in [0.3, 0.4) is 0 Å². The van der Waals surface area contributed by atoms with E-state index in [1.165, 1.54) is 69.8 Å². The molecule has 2 heteroatoms. The maximum Gasteiger partial charge on any atom is 0.122 e. The Morgan fingerprint density at radius 2 is 1.43 bits per heavy atom. The molecule has 0 saturated carbocycles. The number of aliphatic hydroxyl groups is 1. The Morgan fingerprint density at radius 3 is 2.04 bits per heavy atom. The molecule has 0 bridgehead atoms. The second kappa shape index (κ2) is 13.4. The summed E-state index contributed by atoms with van der Waals surface area (Å²) in [4.78, 5) is 0. The van der Waals surface area contributed by atoms with Crippen LogP contribution in [0.5, 0.6) is 5.75 Å². The van der Waals surface area contributed by atoms with Crippen LogP contribution in [0.4, 0.5) is 0 Å². The van der Waals surface area contributed by atoms with Gasteiger partial charge in [-0.2, -0.15) is 0 Å². The summed E-state index contributed by atoms with van der Waals surface area (Å²) >= 11 is 0. The van der Waals surface area contributed by atoms with E-state index in [4.69, 9.17) is 4.74 Å². The number of unbranched alkanes of at least 4 members (excludes halogenated alkanes) is 9. The molecule has 1 unspecified atom stereocenters. The van der Waals surface area contributed by atoms with Crippen molar-refractivity contribution in [1.29, 1.82) is 0 Å². The van der Waals surface area contributed by atoms with Crippen LogP contribution in [0.1, 0.15) is 83.6 Å². The lowest BCUT2D eigenvalue weighted by Crippen LogP contribution is -2.13. The van der Waals surface area contributed by atoms with E-state index in [9.17, 15) is 5.11 Å². The van der Waals surface area contributed by atoms with Gasteiger partial charge in [0, 0.05) is 0 Å². The molecule has 0 saturated heterocycles. The van der Waals surface area contributed by atoms with E-state index in [2.05, 4.69) is 19.1 Å². The van der Waals surface area contributed by atoms with Crippen LogP contribution in [0.15, 0.2) is 24.3 Å². The van der Waals surface area contributed by atoms with E-state index in [-0.39, 0.29) is 0 Å². The molecule has 0 fully saturated rings. The summed E-state index contributed by atoms with van der Waals surface area (Å²) < 4.78 is 5.69. The van der Waals surface area contributed by atoms with Gasteiger partial charge in [0.25, 0.3) is 0 Å². The summed E-state index contributed by atoms with van der Waals surface area (Å²) in [6.07, 6.45) is 14.3. The van der Waals surface area contributed by atoms with Crippen LogP contribution in [-0.2, 0) is 6.42 Å². The average Bonchev–Trinajstić information content (AvgIpc) is 2.55. The Morgan fingerprint density at radius 1 is 0.870 bits per heavy atom. The van der Waals surface area contributed by atoms with Gasteiger partial charge in [0.2, 0.25) is 0 Å². The summed E-state index contributed by atoms with van der Waals surface area (Å²) in [7, 11) is 0. The number of aryl methyl sites for hydroxylation is 1. The fourth-order valence-corrected chi connectivity index (χ4v) is 2.86. The first-order valence-electron chi connectivity index (χ1n) is 9.62. The van der Waals surface area contributed by atoms with Crippen molar-refractivity contribution in [3.05, 3.63) is 29.8 Å². The molecule has 0 aromatic heterocycles. The SMILES string of the molecule is CCCCCCCCCCCCc1ccccc1OCC(C)O. The van der Waals surface area contributed by atoms with Gasteiger partial charge in [0.05, 0.1) is 6.10 Å². The topological polar surface area (TPSA) is 29.5 Å². The molecule has 1 aromatic rings. The average molecular weight is 321 g/mol. The second-order valence-corrected chi connectivity index (χ2v) is 6.70. The van der Waals surface area contributed by atoms with Crippen molar-refractivity contribution in [2.45, 2.75) is 90.6 Å². The zero-order valence-corrected chi connectivity index (χ0v) is 15.2. The van der Waals surface area contributed by atoms with Gasteiger partial charge in [-0.1, -0.05) is 82.9 Å². The summed E-state index contributed by atoms with van der Waals surface area (Å²) in [6.45, 7) is 4.40. The lowest BCUT2D eigenvalue weighted by atomic mass is 10.0. The van der Waals surface area contributed by atoms with Gasteiger partial charge in [-0.05, 0) is 31.4 Å². The van der Waals surface area contributed by atoms with Crippen molar-refractivity contribution in [3.63, 3.8) is 0 Å². The monoisotopic (exact) mass is 320 g/mol. The molecule has 23 heavy (non-hydrogen) atoms. The fourth-order valence-electron chi connectivity index (χ4n) is 2.86. The van der Waals surface area contributed by atoms with E-state index in [1.54, 1.807) is 6.92 Å². The first-order valence-corrected chi connectivity index (χ1v) is 9.62. The van der Waals surface area contributed by atoms with Crippen LogP contribution in [0.25, 0.3) is 0 Å². The highest BCUT2D eigenvalue weighted by Gasteiger charge is 2.04. The molecule has 132 valence electrons. The molecule has 2 nitrogen and oxygen atoms in total. The lowest BCUT2D eigenvalue weighted by Gasteiger charge is -2.12. The van der Waals surface area contributed by atoms with Crippen molar-refractivity contribution in [1.82, 2.24) is 0 Å². The van der Waals surface area contributed by atoms with Gasteiger partial charge in [0.1, 0.15) is 12.4 Å². The van der Waals surface area contributed by atoms with Crippen LogP contribution in [0.2, 0.25) is 0 Å². The molecule has 0 amide bonds. The predicted molar refractivity (Wildman–Crippen MR) is 99.2 cm³/mol. The van der Waals surface area contributed by atoms with Crippen molar-refractivity contribution in [2.75, 3.05) is 6.61 Å². The van der Waals surface area contributed by atoms with Crippen molar-refractivity contribution < 1.29 is 9.84 Å². The van der Waals surface area contributed by atoms with Gasteiger partial charge >= 0.3 is 0 Å². The summed E-state index contributed by atoms with van der Waals surface area (Å²) in [5.74, 6) is 0.935. The second-order valence-electron chi connectivity index (χ2n) is 6.70. The van der Waals surface area contributed by atoms with Gasteiger partial charge in [-0.25, -0.2) is 0 Å². The summed E-state index contributed by atoms with van der Waals surface area (Å²) in [5.41, 5.74) is 1.27. The third-order valence-electron chi connectivity index (χ3n) is 4.25. The predicted octanol–water partition coefficient (Wildman–Crippen LogP) is 5.91. The number of hydrogen-bond acceptors (Lipinski definition) is 2. The molecule has 0 heterocycles. The van der Waals surface area contributed by atoms with E-state index in [0.29, 0.717) is 6.61 Å². The van der Waals surface area contributed by atoms with Gasteiger partial charge in [0.15, 0.2) is 0 Å². The molecule has 1 aromatic carbocycles. The lowest BCUT2D eigenvalue weighted by molar-refractivity contribution is 0.122. The molecule has 0 spiro atoms. The quantitative estimate of drug-likeness (QED) is 0.432. The minimum absolute atomic E-state index is 0.370. The molecule has 1 atom stereocenters. The summed E-state index contributed by atoms with van der Waals surface area (Å²) in [6, 6.07) is 8.22. The highest BCUT2D eigenvalue weighted by Crippen LogP contribution is 2.21. The minimum Gasteiger partial charge on any atom is -0.491 e.